The number of rotatable bonds is 5. The molecule has 0 aliphatic rings. The molecular formula is C11H25LaO-. The molecule has 0 spiro atoms. The molecule has 1 radical (unpaired) electrons. The van der Waals surface area contributed by atoms with Gasteiger partial charge in [-0.2, -0.15) is 6.42 Å². The monoisotopic (exact) mass is 312 g/mol. The maximum Gasteiger partial charge on any atom is 0.0431 e. The fourth-order valence-corrected chi connectivity index (χ4v) is 0.539. The average molecular weight is 312 g/mol. The van der Waals surface area contributed by atoms with E-state index in [2.05, 4.69) is 27.7 Å². The SMILES string of the molecule is CCCCCCO.[CH2-]CC(C)C.[La]. The summed E-state index contributed by atoms with van der Waals surface area (Å²) in [4.78, 5) is 0. The molecule has 0 aliphatic carbocycles. The Labute approximate surface area is 112 Å². The van der Waals surface area contributed by atoms with Crippen LogP contribution in [0, 0.1) is 48.4 Å². The molecule has 0 saturated carbocycles. The molecule has 0 saturated heterocycles. The van der Waals surface area contributed by atoms with Gasteiger partial charge in [0.05, 0.1) is 0 Å². The van der Waals surface area contributed by atoms with Crippen molar-refractivity contribution in [2.75, 3.05) is 6.61 Å². The molecule has 1 nitrogen and oxygen atoms in total. The van der Waals surface area contributed by atoms with Crippen LogP contribution in [0.2, 0.25) is 0 Å². The summed E-state index contributed by atoms with van der Waals surface area (Å²) in [6, 6.07) is 0. The number of unbranched alkanes of at least 4 members (excludes halogenated alkanes) is 3. The van der Waals surface area contributed by atoms with Gasteiger partial charge in [-0.1, -0.05) is 46.0 Å². The van der Waals surface area contributed by atoms with E-state index >= 15 is 0 Å². The first-order valence-corrected chi connectivity index (χ1v) is 5.09. The molecule has 2 heteroatoms. The first-order valence-electron chi connectivity index (χ1n) is 5.09. The molecule has 0 fully saturated rings. The van der Waals surface area contributed by atoms with Crippen LogP contribution in [-0.2, 0) is 0 Å². The minimum absolute atomic E-state index is 0. The Morgan fingerprint density at radius 3 is 1.85 bits per heavy atom. The Morgan fingerprint density at radius 2 is 1.62 bits per heavy atom. The third kappa shape index (κ3) is 32.0. The van der Waals surface area contributed by atoms with Crippen molar-refractivity contribution in [2.45, 2.75) is 52.9 Å². The predicted molar refractivity (Wildman–Crippen MR) is 56.0 cm³/mol. The van der Waals surface area contributed by atoms with E-state index in [1.807, 2.05) is 0 Å². The third-order valence-corrected chi connectivity index (χ3v) is 1.59. The quantitative estimate of drug-likeness (QED) is 0.609. The van der Waals surface area contributed by atoms with E-state index < -0.39 is 0 Å². The Kier molecular flexibility index (Phi) is 28.5. The number of aliphatic hydroxyl groups excluding tert-OH is 1. The van der Waals surface area contributed by atoms with Gasteiger partial charge >= 0.3 is 0 Å². The van der Waals surface area contributed by atoms with Gasteiger partial charge in [0.1, 0.15) is 0 Å². The van der Waals surface area contributed by atoms with Gasteiger partial charge in [0, 0.05) is 42.2 Å². The molecule has 0 unspecified atom stereocenters. The maximum absolute atomic E-state index is 8.29. The topological polar surface area (TPSA) is 20.2 Å². The van der Waals surface area contributed by atoms with Gasteiger partial charge in [-0.05, 0) is 6.42 Å². The molecule has 13 heavy (non-hydrogen) atoms. The summed E-state index contributed by atoms with van der Waals surface area (Å²) in [5, 5.41) is 8.29. The molecule has 0 rings (SSSR count). The molecule has 0 aromatic heterocycles. The van der Waals surface area contributed by atoms with Gasteiger partial charge in [-0.15, -0.1) is 0 Å². The molecular weight excluding hydrogens is 287 g/mol. The number of hydrogen-bond acceptors (Lipinski definition) is 1. The van der Waals surface area contributed by atoms with Crippen LogP contribution in [0.15, 0.2) is 0 Å². The van der Waals surface area contributed by atoms with Gasteiger partial charge < -0.3 is 12.0 Å². The second-order valence-electron chi connectivity index (χ2n) is 3.47. The summed E-state index contributed by atoms with van der Waals surface area (Å²) in [7, 11) is 0. The van der Waals surface area contributed by atoms with Gasteiger partial charge in [0.2, 0.25) is 0 Å². The molecule has 0 atom stereocenters. The van der Waals surface area contributed by atoms with E-state index in [-0.39, 0.29) is 35.6 Å². The zero-order chi connectivity index (χ0) is 9.82. The standard InChI is InChI=1S/C6H14O.C5H11.La/c1-2-3-4-5-6-7;1-4-5(2)3;/h7H,2-6H2,1H3;5H,1,4H2,2-3H3;/q;-1;. The molecule has 0 aliphatic heterocycles. The van der Waals surface area contributed by atoms with Gasteiger partial charge in [0.25, 0.3) is 0 Å². The smallest absolute Gasteiger partial charge is 0.0431 e. The molecule has 0 aromatic rings. The normalized spacial score (nSPS) is 8.77. The van der Waals surface area contributed by atoms with E-state index in [1.165, 1.54) is 19.3 Å². The molecule has 1 N–H and O–H groups in total. The molecule has 79 valence electrons. The minimum atomic E-state index is 0. The fourth-order valence-electron chi connectivity index (χ4n) is 0.539. The van der Waals surface area contributed by atoms with Crippen molar-refractivity contribution in [1.29, 1.82) is 0 Å². The molecule has 0 heterocycles. The first kappa shape index (κ1) is 19.7. The van der Waals surface area contributed by atoms with Crippen LogP contribution in [0.1, 0.15) is 52.9 Å². The van der Waals surface area contributed by atoms with Crippen molar-refractivity contribution in [1.82, 2.24) is 0 Å². The number of hydrogen-bond donors (Lipinski definition) is 1. The van der Waals surface area contributed by atoms with Crippen molar-refractivity contribution < 1.29 is 40.7 Å². The second kappa shape index (κ2) is 18.8. The van der Waals surface area contributed by atoms with Crippen LogP contribution >= 0.6 is 0 Å². The van der Waals surface area contributed by atoms with Crippen LogP contribution in [0.4, 0.5) is 0 Å². The summed E-state index contributed by atoms with van der Waals surface area (Å²) in [6.07, 6.45) is 5.74. The van der Waals surface area contributed by atoms with Gasteiger partial charge in [-0.3, -0.25) is 0 Å². The zero-order valence-electron chi connectivity index (χ0n) is 9.55. The maximum atomic E-state index is 8.29. The van der Waals surface area contributed by atoms with E-state index in [0.717, 1.165) is 18.8 Å². The van der Waals surface area contributed by atoms with Crippen LogP contribution in [0.3, 0.4) is 0 Å². The summed E-state index contributed by atoms with van der Waals surface area (Å²) in [5.41, 5.74) is 0. The summed E-state index contributed by atoms with van der Waals surface area (Å²) in [6.45, 7) is 10.5. The Balaban J connectivity index is -0.000000150. The first-order chi connectivity index (χ1) is 5.68. The van der Waals surface area contributed by atoms with Crippen molar-refractivity contribution in [3.63, 3.8) is 0 Å². The third-order valence-electron chi connectivity index (χ3n) is 1.59. The zero-order valence-corrected chi connectivity index (χ0v) is 13.2. The largest absolute Gasteiger partial charge is 0.396 e. The Bertz CT molecular complexity index is 61.1. The van der Waals surface area contributed by atoms with Crippen molar-refractivity contribution in [3.8, 4) is 0 Å². The van der Waals surface area contributed by atoms with Gasteiger partial charge in [0.15, 0.2) is 0 Å². The Hall–Kier alpha value is 1.15. The van der Waals surface area contributed by atoms with E-state index in [0.29, 0.717) is 6.61 Å². The average Bonchev–Trinajstić information content (AvgIpc) is 2.07. The summed E-state index contributed by atoms with van der Waals surface area (Å²) in [5.74, 6) is 0.773. The van der Waals surface area contributed by atoms with E-state index in [1.54, 1.807) is 0 Å². The second-order valence-corrected chi connectivity index (χ2v) is 3.47. The number of aliphatic hydroxyl groups is 1. The minimum Gasteiger partial charge on any atom is -0.396 e. The molecule has 0 bridgehead atoms. The van der Waals surface area contributed by atoms with Crippen LogP contribution in [0.5, 0.6) is 0 Å². The van der Waals surface area contributed by atoms with Crippen LogP contribution in [-0.4, -0.2) is 11.7 Å². The van der Waals surface area contributed by atoms with Gasteiger partial charge in [-0.25, -0.2) is 0 Å². The molecule has 0 aromatic carbocycles. The van der Waals surface area contributed by atoms with Crippen LogP contribution < -0.4 is 0 Å². The molecule has 0 amide bonds. The van der Waals surface area contributed by atoms with E-state index in [9.17, 15) is 0 Å². The van der Waals surface area contributed by atoms with Crippen molar-refractivity contribution in [2.24, 2.45) is 5.92 Å². The van der Waals surface area contributed by atoms with Crippen LogP contribution in [0.25, 0.3) is 0 Å². The summed E-state index contributed by atoms with van der Waals surface area (Å²) < 4.78 is 0. The Morgan fingerprint density at radius 1 is 1.15 bits per heavy atom. The fraction of sp³-hybridized carbons (Fsp3) is 0.909. The summed E-state index contributed by atoms with van der Waals surface area (Å²) >= 11 is 0. The van der Waals surface area contributed by atoms with Crippen molar-refractivity contribution in [3.05, 3.63) is 6.92 Å². The van der Waals surface area contributed by atoms with E-state index in [4.69, 9.17) is 5.11 Å². The predicted octanol–water partition coefficient (Wildman–Crippen LogP) is 3.43. The van der Waals surface area contributed by atoms with Crippen molar-refractivity contribution >= 4 is 0 Å².